The van der Waals surface area contributed by atoms with Gasteiger partial charge in [0.25, 0.3) is 0 Å². The minimum Gasteiger partial charge on any atom is -0.475 e. The molecule has 0 aliphatic carbocycles. The Balaban J connectivity index is 0.00000378. The van der Waals surface area contributed by atoms with Crippen LogP contribution in [0, 0.1) is 0 Å². The standard InChI is InChI=1S/C58H68Cl4N10O8.4ClH/c1-71-33-47(45-27-43(59)29-51(61)49(45)35-71)39-7-5-9-41(25-39)53-31-55(69-37-67-53)79-23-21-77-19-17-75-15-13-65-57(73)63-11-3-4-12-64-58(74)66-14-16-76-18-20-78-22-24-80-56-32-54(68-38-70-56)42-10-6-8-40(26-42)48-34-72(2)36-50-46(48)28-44(60)30-52(50)62;;;;/h5-10,25-32,37-38,47-48H,3-4,11-24,33-36H2,1-2H3,(H2,63,65,73)(H2,64,66,74);4*1H/t47-,48-;;;;/m0..../s1. The lowest BCUT2D eigenvalue weighted by molar-refractivity contribution is 0.0372. The Morgan fingerprint density at radius 3 is 1.29 bits per heavy atom. The van der Waals surface area contributed by atoms with Gasteiger partial charge in [-0.05, 0) is 96.7 Å². The molecule has 84 heavy (non-hydrogen) atoms. The molecule has 4 heterocycles. The van der Waals surface area contributed by atoms with Gasteiger partial charge in [0, 0.05) is 108 Å². The molecule has 0 saturated heterocycles. The summed E-state index contributed by atoms with van der Waals surface area (Å²) in [5.74, 6) is 1.12. The molecule has 0 fully saturated rings. The number of hydrogen-bond acceptors (Lipinski definition) is 14. The number of nitrogens with zero attached hydrogens (tertiary/aromatic N) is 6. The smallest absolute Gasteiger partial charge is 0.314 e. The molecule has 2 aliphatic heterocycles. The lowest BCUT2D eigenvalue weighted by Crippen LogP contribution is -2.39. The van der Waals surface area contributed by atoms with E-state index in [0.29, 0.717) is 137 Å². The Labute approximate surface area is 536 Å². The second-order valence-electron chi connectivity index (χ2n) is 19.4. The average Bonchev–Trinajstić information content (AvgIpc) is 3.55. The largest absolute Gasteiger partial charge is 0.475 e. The quantitative estimate of drug-likeness (QED) is 0.0324. The van der Waals surface area contributed by atoms with Gasteiger partial charge in [-0.2, -0.15) is 0 Å². The van der Waals surface area contributed by atoms with Gasteiger partial charge in [0.15, 0.2) is 0 Å². The highest BCUT2D eigenvalue weighted by atomic mass is 35.5. The molecule has 0 spiro atoms. The second kappa shape index (κ2) is 37.7. The lowest BCUT2D eigenvalue weighted by atomic mass is 9.84. The van der Waals surface area contributed by atoms with E-state index in [4.69, 9.17) is 74.8 Å². The number of carbonyl (C=O) groups excluding carboxylic acids is 2. The molecule has 4 N–H and O–H groups in total. The predicted octanol–water partition coefficient (Wildman–Crippen LogP) is 11.0. The summed E-state index contributed by atoms with van der Waals surface area (Å²) in [7, 11) is 4.19. The normalized spacial score (nSPS) is 14.5. The van der Waals surface area contributed by atoms with Crippen molar-refractivity contribution in [1.82, 2.24) is 51.0 Å². The van der Waals surface area contributed by atoms with E-state index in [-0.39, 0.29) is 73.5 Å². The maximum Gasteiger partial charge on any atom is 0.314 e. The highest BCUT2D eigenvalue weighted by Crippen LogP contribution is 2.41. The van der Waals surface area contributed by atoms with Crippen LogP contribution in [-0.2, 0) is 32.0 Å². The molecule has 0 saturated carbocycles. The van der Waals surface area contributed by atoms with E-state index >= 15 is 0 Å². The van der Waals surface area contributed by atoms with Crippen molar-refractivity contribution in [2.75, 3.05) is 119 Å². The fourth-order valence-corrected chi connectivity index (χ4v) is 10.7. The molecule has 2 aromatic heterocycles. The van der Waals surface area contributed by atoms with Gasteiger partial charge in [0.2, 0.25) is 11.8 Å². The van der Waals surface area contributed by atoms with E-state index in [1.54, 1.807) is 12.1 Å². The summed E-state index contributed by atoms with van der Waals surface area (Å²) in [4.78, 5) is 46.4. The summed E-state index contributed by atoms with van der Waals surface area (Å²) in [5, 5.41) is 13.8. The molecule has 458 valence electrons. The van der Waals surface area contributed by atoms with Crippen molar-refractivity contribution in [2.24, 2.45) is 0 Å². The number of halogens is 8. The van der Waals surface area contributed by atoms with Crippen LogP contribution < -0.4 is 30.7 Å². The Bertz CT molecular complexity index is 2800. The number of amides is 4. The molecule has 0 bridgehead atoms. The average molecular weight is 1320 g/mol. The fraction of sp³-hybridized carbons (Fsp3) is 0.414. The third-order valence-corrected chi connectivity index (χ3v) is 14.5. The third kappa shape index (κ3) is 22.2. The van der Waals surface area contributed by atoms with E-state index in [1.807, 2.05) is 48.5 Å². The Hall–Kier alpha value is -4.74. The Morgan fingerprint density at radius 1 is 0.488 bits per heavy atom. The van der Waals surface area contributed by atoms with Crippen LogP contribution in [0.5, 0.6) is 11.8 Å². The summed E-state index contributed by atoms with van der Waals surface area (Å²) < 4.78 is 34.2. The predicted molar refractivity (Wildman–Crippen MR) is 340 cm³/mol. The molecule has 18 nitrogen and oxygen atoms in total. The molecule has 26 heteroatoms. The van der Waals surface area contributed by atoms with Crippen molar-refractivity contribution in [2.45, 2.75) is 37.8 Å². The first-order valence-electron chi connectivity index (χ1n) is 26.7. The summed E-state index contributed by atoms with van der Waals surface area (Å²) in [6.45, 7) is 8.33. The van der Waals surface area contributed by atoms with Crippen LogP contribution in [0.3, 0.4) is 0 Å². The first-order chi connectivity index (χ1) is 39.0. The van der Waals surface area contributed by atoms with E-state index in [2.05, 4.69) is 89.4 Å². The molecule has 8 rings (SSSR count). The van der Waals surface area contributed by atoms with Crippen LogP contribution in [-0.4, -0.2) is 161 Å². The molecule has 6 aromatic rings. The second-order valence-corrected chi connectivity index (χ2v) is 21.0. The van der Waals surface area contributed by atoms with Gasteiger partial charge in [-0.1, -0.05) is 82.8 Å². The van der Waals surface area contributed by atoms with Gasteiger partial charge in [-0.25, -0.2) is 29.5 Å². The first kappa shape index (κ1) is 71.7. The number of rotatable bonds is 29. The van der Waals surface area contributed by atoms with Crippen LogP contribution >= 0.6 is 96.0 Å². The van der Waals surface area contributed by atoms with Crippen molar-refractivity contribution in [1.29, 1.82) is 0 Å². The summed E-state index contributed by atoms with van der Waals surface area (Å²) in [6.07, 6.45) is 4.38. The van der Waals surface area contributed by atoms with Crippen LogP contribution in [0.25, 0.3) is 22.5 Å². The zero-order valence-corrected chi connectivity index (χ0v) is 52.9. The van der Waals surface area contributed by atoms with Crippen LogP contribution in [0.15, 0.2) is 97.6 Å². The van der Waals surface area contributed by atoms with E-state index < -0.39 is 0 Å². The molecule has 4 amide bonds. The monoisotopic (exact) mass is 1320 g/mol. The number of ether oxygens (including phenoxy) is 6. The van der Waals surface area contributed by atoms with Crippen molar-refractivity contribution < 1.29 is 38.0 Å². The van der Waals surface area contributed by atoms with Gasteiger partial charge in [-0.15, -0.1) is 49.6 Å². The van der Waals surface area contributed by atoms with Gasteiger partial charge in [0.1, 0.15) is 25.9 Å². The molecule has 4 aromatic carbocycles. The number of likely N-dealkylation sites (N-methyl/N-ethyl adjacent to an activating group) is 2. The topological polar surface area (TPSA) is 196 Å². The number of benzene rings is 4. The van der Waals surface area contributed by atoms with Gasteiger partial charge in [0.05, 0.1) is 64.2 Å². The Morgan fingerprint density at radius 2 is 0.869 bits per heavy atom. The van der Waals surface area contributed by atoms with Crippen molar-refractivity contribution in [3.8, 4) is 34.3 Å². The maximum absolute atomic E-state index is 12.2. The molecule has 0 unspecified atom stereocenters. The van der Waals surface area contributed by atoms with Crippen LogP contribution in [0.1, 0.15) is 58.1 Å². The van der Waals surface area contributed by atoms with Crippen LogP contribution in [0.4, 0.5) is 9.59 Å². The van der Waals surface area contributed by atoms with E-state index in [9.17, 15) is 9.59 Å². The number of nitrogens with one attached hydrogen (secondary N) is 4. The third-order valence-electron chi connectivity index (χ3n) is 13.4. The molecular formula is C58H72Cl8N10O8. The summed E-state index contributed by atoms with van der Waals surface area (Å²) >= 11 is 26.1. The van der Waals surface area contributed by atoms with Crippen molar-refractivity contribution in [3.05, 3.63) is 151 Å². The molecule has 2 atom stereocenters. The SMILES string of the molecule is CN1Cc2c(Cl)cc(Cl)cc2[C@H](c2cccc(-c3cc(OCCOCCOCCNC(=O)NCCCCNC(=O)NCCOCCOCCOc4cc(-c5cccc([C@@H]6CN(C)Cc7c(Cl)cc(Cl)cc76)c5)ncn4)ncn3)c2)C1.Cl.Cl.Cl.Cl. The Kier molecular flexibility index (Phi) is 32.2. The molecular weight excluding hydrogens is 1250 g/mol. The van der Waals surface area contributed by atoms with Crippen LogP contribution in [0.2, 0.25) is 20.1 Å². The zero-order chi connectivity index (χ0) is 56.1. The summed E-state index contributed by atoms with van der Waals surface area (Å²) in [6, 6.07) is 27.4. The minimum absolute atomic E-state index is 0. The summed E-state index contributed by atoms with van der Waals surface area (Å²) in [5.41, 5.74) is 10.2. The van der Waals surface area contributed by atoms with Gasteiger partial charge in [-0.3, -0.25) is 0 Å². The van der Waals surface area contributed by atoms with E-state index in [0.717, 1.165) is 82.1 Å². The number of fused-ring (bicyclic) bond motifs is 2. The van der Waals surface area contributed by atoms with E-state index in [1.165, 1.54) is 12.7 Å². The lowest BCUT2D eigenvalue weighted by Gasteiger charge is -2.33. The number of urea groups is 2. The number of carbonyl (C=O) groups is 2. The van der Waals surface area contributed by atoms with Gasteiger partial charge >= 0.3 is 12.1 Å². The number of aromatic nitrogens is 4. The maximum atomic E-state index is 12.2. The minimum atomic E-state index is -0.283. The van der Waals surface area contributed by atoms with Crippen molar-refractivity contribution >= 4 is 108 Å². The fourth-order valence-electron chi connectivity index (χ4n) is 9.55. The van der Waals surface area contributed by atoms with Crippen molar-refractivity contribution in [3.63, 3.8) is 0 Å². The number of unbranched alkanes of at least 4 members (excludes halogenated alkanes) is 1. The highest BCUT2D eigenvalue weighted by molar-refractivity contribution is 6.35. The number of hydrogen-bond donors (Lipinski definition) is 4. The highest BCUT2D eigenvalue weighted by Gasteiger charge is 2.29. The molecule has 2 aliphatic rings. The zero-order valence-electron chi connectivity index (χ0n) is 46.6. The molecule has 0 radical (unpaired) electrons. The van der Waals surface area contributed by atoms with Gasteiger partial charge < -0.3 is 59.5 Å². The first-order valence-corrected chi connectivity index (χ1v) is 28.3.